The number of hydrogen-bond donors (Lipinski definition) is 11. The second-order valence-corrected chi connectivity index (χ2v) is 38.3. The van der Waals surface area contributed by atoms with Gasteiger partial charge >= 0.3 is 50.4 Å². The number of anilines is 2. The first-order chi connectivity index (χ1) is 55.1. The highest BCUT2D eigenvalue weighted by Gasteiger charge is 2.48. The SMILES string of the molecule is CC1(C)C(/C=C/C=C/C=C2/N(CCCCCC(=O)NC(CCCCN)C(=O)CC(CCCCN)C(=O)NCCCCCCOP(=O)(O)OP(=O)(O)OP(=O)(O)OC[C@H]3O[C@@H](n4ccc(N)nc4=O)CC3O)c3ccc4c(S(=O)(=O)O)cccc4c3C2(C)C)=[N+](CCCS(=O)(=O)[O-])c2ccc3c(S(=O)(=O)O)cccc3c21.O=S(=O)=O.O=S(=O)=O. The molecule has 3 aliphatic heterocycles. The summed E-state index contributed by atoms with van der Waals surface area (Å²) in [7, 11) is -36.8. The maximum absolute atomic E-state index is 14.2. The lowest BCUT2D eigenvalue weighted by Crippen LogP contribution is -2.43. The first-order valence-corrected chi connectivity index (χ1v) is 47.9. The molecule has 1 fully saturated rings. The lowest BCUT2D eigenvalue weighted by Gasteiger charge is -2.27. The highest BCUT2D eigenvalue weighted by Crippen LogP contribution is 2.68. The van der Waals surface area contributed by atoms with E-state index in [1.807, 2.05) is 56.6 Å². The number of phosphoric ester groups is 2. The molecular formula is C70H98N9O31P3S5. The van der Waals surface area contributed by atoms with Crippen LogP contribution in [-0.2, 0) is 113 Å². The molecule has 48 heteroatoms. The minimum Gasteiger partial charge on any atom is -0.748 e. The summed E-state index contributed by atoms with van der Waals surface area (Å²) in [5.41, 5.74) is 19.2. The molecule has 0 radical (unpaired) electrons. The van der Waals surface area contributed by atoms with Gasteiger partial charge in [0.1, 0.15) is 34.5 Å². The topological polar surface area (TPSA) is 641 Å². The smallest absolute Gasteiger partial charge is 0.490 e. The van der Waals surface area contributed by atoms with Gasteiger partial charge in [-0.2, -0.15) is 35.0 Å². The number of hydrogen-bond acceptors (Lipinski definition) is 31. The average Bonchev–Trinajstić information content (AvgIpc) is 1.57. The Bertz CT molecular complexity index is 5380. The van der Waals surface area contributed by atoms with Gasteiger partial charge in [-0.1, -0.05) is 88.1 Å². The Morgan fingerprint density at radius 3 is 1.88 bits per heavy atom. The van der Waals surface area contributed by atoms with Gasteiger partial charge in [0.15, 0.2) is 11.5 Å². The molecule has 14 N–H and O–H groups in total. The van der Waals surface area contributed by atoms with Crippen LogP contribution in [0.1, 0.15) is 154 Å². The van der Waals surface area contributed by atoms with Gasteiger partial charge in [-0.15, -0.1) is 25.3 Å². The Balaban J connectivity index is 0.00000258. The number of nitrogens with one attached hydrogen (secondary N) is 2. The molecule has 0 aliphatic carbocycles. The number of nitrogen functional groups attached to an aromatic ring is 1. The second-order valence-electron chi connectivity index (χ2n) is 28.6. The van der Waals surface area contributed by atoms with Gasteiger partial charge in [0.25, 0.3) is 20.2 Å². The first kappa shape index (κ1) is 99.4. The van der Waals surface area contributed by atoms with Gasteiger partial charge in [0.05, 0.1) is 40.9 Å². The zero-order valence-corrected chi connectivity index (χ0v) is 71.4. The fourth-order valence-electron chi connectivity index (χ4n) is 14.2. The zero-order valence-electron chi connectivity index (χ0n) is 64.7. The van der Waals surface area contributed by atoms with E-state index in [4.69, 9.17) is 51.7 Å². The Morgan fingerprint density at radius 1 is 0.712 bits per heavy atom. The van der Waals surface area contributed by atoms with E-state index in [0.29, 0.717) is 123 Å². The summed E-state index contributed by atoms with van der Waals surface area (Å²) in [6.07, 6.45) is 12.1. The number of benzene rings is 4. The Kier molecular flexibility index (Phi) is 37.0. The van der Waals surface area contributed by atoms with Gasteiger partial charge in [-0.25, -0.2) is 26.9 Å². The number of fused-ring (bicyclic) bond motifs is 6. The first-order valence-electron chi connectivity index (χ1n) is 37.0. The molecule has 5 aromatic rings. The molecule has 8 rings (SSSR count). The maximum atomic E-state index is 14.2. The number of allylic oxidation sites excluding steroid dienone is 6. The van der Waals surface area contributed by atoms with E-state index in [0.717, 1.165) is 27.1 Å². The van der Waals surface area contributed by atoms with E-state index in [-0.39, 0.29) is 84.8 Å². The van der Waals surface area contributed by atoms with Crippen LogP contribution in [0.2, 0.25) is 0 Å². The van der Waals surface area contributed by atoms with Gasteiger partial charge in [0, 0.05) is 102 Å². The predicted molar refractivity (Wildman–Crippen MR) is 427 cm³/mol. The molecule has 40 nitrogen and oxygen atoms in total. The fraction of sp³-hybridized carbons (Fsp3) is 0.514. The van der Waals surface area contributed by atoms with Crippen molar-refractivity contribution in [2.75, 3.05) is 62.3 Å². The highest BCUT2D eigenvalue weighted by atomic mass is 32.2. The number of phosphoric acid groups is 3. The van der Waals surface area contributed by atoms with Crippen molar-refractivity contribution in [3.8, 4) is 0 Å². The van der Waals surface area contributed by atoms with Crippen LogP contribution in [0.5, 0.6) is 0 Å². The Morgan fingerprint density at radius 2 is 1.29 bits per heavy atom. The van der Waals surface area contributed by atoms with Crippen LogP contribution in [0.3, 0.4) is 0 Å². The van der Waals surface area contributed by atoms with Crippen LogP contribution in [0, 0.1) is 5.92 Å². The van der Waals surface area contributed by atoms with Crippen molar-refractivity contribution >= 4 is 137 Å². The van der Waals surface area contributed by atoms with E-state index in [1.54, 1.807) is 48.6 Å². The van der Waals surface area contributed by atoms with Crippen LogP contribution < -0.4 is 38.4 Å². The third-order valence-corrected chi connectivity index (χ3v) is 26.2. The van der Waals surface area contributed by atoms with Crippen molar-refractivity contribution < 1.29 is 139 Å². The number of aliphatic hydroxyl groups is 1. The summed E-state index contributed by atoms with van der Waals surface area (Å²) in [6, 6.07) is 16.4. The third-order valence-electron chi connectivity index (χ3n) is 19.3. The molecule has 4 aromatic carbocycles. The third kappa shape index (κ3) is 29.5. The number of amides is 2. The van der Waals surface area contributed by atoms with E-state index < -0.39 is 141 Å². The monoisotopic (exact) mass is 1810 g/mol. The second kappa shape index (κ2) is 43.9. The van der Waals surface area contributed by atoms with Crippen LogP contribution in [0.15, 0.2) is 124 Å². The molecule has 8 atom stereocenters. The summed E-state index contributed by atoms with van der Waals surface area (Å²) in [5, 5.41) is 18.0. The molecule has 0 bridgehead atoms. The number of Topliss-reactive ketones (excluding diaryl/α,β-unsaturated/α-hetero) is 1. The summed E-state index contributed by atoms with van der Waals surface area (Å²) in [5.74, 6) is -2.55. The minimum absolute atomic E-state index is 0.0124. The quantitative estimate of drug-likeness (QED) is 0.00700. The number of rotatable bonds is 44. The normalized spacial score (nSPS) is 18.8. The summed E-state index contributed by atoms with van der Waals surface area (Å²) >= 11 is 0. The molecule has 118 heavy (non-hydrogen) atoms. The number of nitrogens with zero attached hydrogens (tertiary/aromatic N) is 4. The molecule has 6 unspecified atom stereocenters. The number of nitrogens with two attached hydrogens (primary N) is 3. The van der Waals surface area contributed by atoms with Crippen LogP contribution in [-0.4, -0.2) is 191 Å². The van der Waals surface area contributed by atoms with Crippen LogP contribution in [0.4, 0.5) is 17.2 Å². The molecule has 1 saturated heterocycles. The van der Waals surface area contributed by atoms with Crippen molar-refractivity contribution in [2.45, 2.75) is 182 Å². The lowest BCUT2D eigenvalue weighted by molar-refractivity contribution is -0.437. The van der Waals surface area contributed by atoms with E-state index in [9.17, 15) is 91.6 Å². The van der Waals surface area contributed by atoms with Crippen molar-refractivity contribution in [3.05, 3.63) is 131 Å². The van der Waals surface area contributed by atoms with Gasteiger partial charge in [0.2, 0.25) is 17.5 Å². The lowest BCUT2D eigenvalue weighted by atomic mass is 9.79. The van der Waals surface area contributed by atoms with E-state index in [2.05, 4.69) is 33.7 Å². The summed E-state index contributed by atoms with van der Waals surface area (Å²) in [6.45, 7) is 7.92. The summed E-state index contributed by atoms with van der Waals surface area (Å²) < 4.78 is 221. The molecular weight excluding hydrogens is 1720 g/mol. The van der Waals surface area contributed by atoms with Crippen molar-refractivity contribution in [3.63, 3.8) is 0 Å². The molecule has 654 valence electrons. The largest absolute Gasteiger partial charge is 0.748 e. The zero-order chi connectivity index (χ0) is 87.9. The number of ketones is 1. The van der Waals surface area contributed by atoms with Gasteiger partial charge in [-0.3, -0.25) is 37.1 Å². The molecule has 4 heterocycles. The standard InChI is InChI=1S/C70H98N9O25P3S3.2O3S/c1-69(2)60(28-9-7-10-29-61-70(3,4)66-51-24-20-27-59(110(97,98)99)49(51)32-34-54(66)78(61)40-21-43-108(91,92)93)77(53-33-31-48-50(65(53)69)23-19-26-58(48)109(94,95)96)39-17-8-11-30-63(82)75-52(25-13-15-37-72)55(80)44-47(22-12-14-36-71)67(83)74-38-16-5-6-18-42-100-105(85,86)103-107(89,90)104-106(87,88)101-46-57-56(81)45-64(102-57)79-41-35-62(73)76-68(79)84;2*1-4(2)3/h7,9-10,19-20,23-24,26-29,31-35,41,47,52,56-57,64,81H,5-6,8,11-18,21-22,25,30,36-40,42-46,71-72H2,1-4H3,(H9-,73,74,75,76,82,83,84,85,86,87,88,89,90,91,92,93,94,95,96,97,98,99);;/t47?,52?,56?,57-,64-;;/m1../s1. The number of aliphatic hydroxyl groups excluding tert-OH is 1. The summed E-state index contributed by atoms with van der Waals surface area (Å²) in [4.78, 5) is 89.3. The Hall–Kier alpha value is -7.40. The number of carbonyl (C=O) groups excluding carboxylic acids is 3. The molecule has 0 saturated carbocycles. The van der Waals surface area contributed by atoms with Crippen molar-refractivity contribution in [1.82, 2.24) is 20.2 Å². The van der Waals surface area contributed by atoms with Crippen LogP contribution in [0.25, 0.3) is 21.5 Å². The van der Waals surface area contributed by atoms with Crippen molar-refractivity contribution in [2.24, 2.45) is 17.4 Å². The number of ether oxygens (including phenoxy) is 1. The fourth-order valence-corrected chi connectivity index (χ4v) is 19.7. The van der Waals surface area contributed by atoms with E-state index >= 15 is 0 Å². The number of unbranched alkanes of at least 4 members (excludes halogenated alkanes) is 7. The molecule has 3 aliphatic rings. The van der Waals surface area contributed by atoms with Crippen LogP contribution >= 0.6 is 23.5 Å². The number of carbonyl (C=O) groups is 3. The van der Waals surface area contributed by atoms with Gasteiger partial charge in [-0.05, 0) is 137 Å². The maximum Gasteiger partial charge on any atom is 0.490 e. The highest BCUT2D eigenvalue weighted by molar-refractivity contribution is 7.86. The van der Waals surface area contributed by atoms with E-state index in [1.165, 1.54) is 30.5 Å². The average molecular weight is 1810 g/mol. The van der Waals surface area contributed by atoms with Gasteiger partial charge < -0.3 is 61.8 Å². The Labute approximate surface area is 684 Å². The number of aromatic nitrogens is 2. The minimum atomic E-state index is -5.84. The molecule has 1 aromatic heterocycles. The predicted octanol–water partition coefficient (Wildman–Crippen LogP) is 5.99. The molecule has 2 amide bonds. The van der Waals surface area contributed by atoms with Crippen molar-refractivity contribution in [1.29, 1.82) is 0 Å². The molecule has 0 spiro atoms.